The van der Waals surface area contributed by atoms with Crippen molar-refractivity contribution in [2.75, 3.05) is 12.4 Å². The molecule has 0 radical (unpaired) electrons. The van der Waals surface area contributed by atoms with Crippen LogP contribution in [0.1, 0.15) is 15.9 Å². The quantitative estimate of drug-likeness (QED) is 0.880. The summed E-state index contributed by atoms with van der Waals surface area (Å²) in [6, 6.07) is 12.5. The molecule has 2 aromatic rings. The van der Waals surface area contributed by atoms with E-state index in [1.54, 1.807) is 25.3 Å². The van der Waals surface area contributed by atoms with Gasteiger partial charge in [-0.1, -0.05) is 6.07 Å². The molecule has 0 bridgehead atoms. The molecule has 2 N–H and O–H groups in total. The Hall–Kier alpha value is -2.49. The van der Waals surface area contributed by atoms with Crippen LogP contribution in [0.4, 0.5) is 11.4 Å². The van der Waals surface area contributed by atoms with E-state index in [9.17, 15) is 4.79 Å². The summed E-state index contributed by atoms with van der Waals surface area (Å²) in [5, 5.41) is 12.2. The van der Waals surface area contributed by atoms with Crippen LogP contribution in [-0.4, -0.2) is 18.2 Å². The molecule has 0 amide bonds. The molecule has 0 atom stereocenters. The highest BCUT2D eigenvalue weighted by atomic mass is 16.5. The monoisotopic (exact) mass is 257 g/mol. The molecular weight excluding hydrogens is 242 g/mol. The normalized spacial score (nSPS) is 10.0. The van der Waals surface area contributed by atoms with E-state index in [4.69, 9.17) is 9.84 Å². The molecule has 0 saturated heterocycles. The number of aryl methyl sites for hydroxylation is 1. The first-order valence-corrected chi connectivity index (χ1v) is 5.85. The van der Waals surface area contributed by atoms with Crippen molar-refractivity contribution in [1.29, 1.82) is 0 Å². The van der Waals surface area contributed by atoms with Gasteiger partial charge in [-0.3, -0.25) is 0 Å². The zero-order valence-corrected chi connectivity index (χ0v) is 10.8. The van der Waals surface area contributed by atoms with Gasteiger partial charge in [-0.15, -0.1) is 0 Å². The lowest BCUT2D eigenvalue weighted by Crippen LogP contribution is -1.99. The lowest BCUT2D eigenvalue weighted by molar-refractivity contribution is 0.0697. The first-order valence-electron chi connectivity index (χ1n) is 5.85. The molecule has 0 aromatic heterocycles. The van der Waals surface area contributed by atoms with Gasteiger partial charge in [-0.05, 0) is 42.8 Å². The maximum absolute atomic E-state index is 10.9. The second-order valence-electron chi connectivity index (χ2n) is 4.19. The van der Waals surface area contributed by atoms with E-state index < -0.39 is 5.97 Å². The van der Waals surface area contributed by atoms with Crippen LogP contribution in [0.3, 0.4) is 0 Å². The Bertz CT molecular complexity index is 608. The number of hydrogen-bond acceptors (Lipinski definition) is 3. The summed E-state index contributed by atoms with van der Waals surface area (Å²) in [6.45, 7) is 1.87. The molecule has 0 aliphatic heterocycles. The molecule has 0 unspecified atom stereocenters. The molecule has 0 heterocycles. The smallest absolute Gasteiger partial charge is 0.335 e. The van der Waals surface area contributed by atoms with Crippen LogP contribution in [-0.2, 0) is 0 Å². The lowest BCUT2D eigenvalue weighted by Gasteiger charge is -2.11. The third-order valence-corrected chi connectivity index (χ3v) is 2.82. The van der Waals surface area contributed by atoms with E-state index in [0.29, 0.717) is 0 Å². The third-order valence-electron chi connectivity index (χ3n) is 2.82. The second-order valence-corrected chi connectivity index (χ2v) is 4.19. The molecule has 0 spiro atoms. The Balaban J connectivity index is 2.25. The number of ether oxygens (including phenoxy) is 1. The third kappa shape index (κ3) is 3.04. The van der Waals surface area contributed by atoms with Crippen LogP contribution < -0.4 is 10.1 Å². The van der Waals surface area contributed by atoms with Gasteiger partial charge in [-0.25, -0.2) is 4.79 Å². The molecule has 0 aliphatic carbocycles. The van der Waals surface area contributed by atoms with Crippen molar-refractivity contribution in [3.63, 3.8) is 0 Å². The van der Waals surface area contributed by atoms with Gasteiger partial charge >= 0.3 is 5.97 Å². The minimum absolute atomic E-state index is 0.286. The molecule has 0 fully saturated rings. The van der Waals surface area contributed by atoms with Crippen molar-refractivity contribution in [2.45, 2.75) is 6.92 Å². The summed E-state index contributed by atoms with van der Waals surface area (Å²) >= 11 is 0. The van der Waals surface area contributed by atoms with Gasteiger partial charge < -0.3 is 15.2 Å². The minimum Gasteiger partial charge on any atom is -0.497 e. The number of methoxy groups -OCH3 is 1. The van der Waals surface area contributed by atoms with E-state index in [0.717, 1.165) is 22.7 Å². The van der Waals surface area contributed by atoms with Gasteiger partial charge in [0.2, 0.25) is 0 Å². The summed E-state index contributed by atoms with van der Waals surface area (Å²) in [5.41, 5.74) is 2.93. The SMILES string of the molecule is COc1cccc(Nc2ccc(C(=O)O)cc2C)c1. The summed E-state index contributed by atoms with van der Waals surface area (Å²) in [5.74, 6) is -0.152. The predicted octanol–water partition coefficient (Wildman–Crippen LogP) is 3.45. The highest BCUT2D eigenvalue weighted by molar-refractivity contribution is 5.88. The number of hydrogen-bond donors (Lipinski definition) is 2. The van der Waals surface area contributed by atoms with Gasteiger partial charge in [0.25, 0.3) is 0 Å². The number of rotatable bonds is 4. The Morgan fingerprint density at radius 1 is 1.21 bits per heavy atom. The van der Waals surface area contributed by atoms with Crippen LogP contribution >= 0.6 is 0 Å². The van der Waals surface area contributed by atoms with E-state index in [-0.39, 0.29) is 5.56 Å². The van der Waals surface area contributed by atoms with Crippen LogP contribution in [0, 0.1) is 6.92 Å². The van der Waals surface area contributed by atoms with E-state index >= 15 is 0 Å². The summed E-state index contributed by atoms with van der Waals surface area (Å²) in [4.78, 5) is 10.9. The van der Waals surface area contributed by atoms with Gasteiger partial charge in [0, 0.05) is 17.4 Å². The summed E-state index contributed by atoms with van der Waals surface area (Å²) in [6.07, 6.45) is 0. The Labute approximate surface area is 111 Å². The number of carboxylic acids is 1. The number of carbonyl (C=O) groups is 1. The van der Waals surface area contributed by atoms with Crippen molar-refractivity contribution < 1.29 is 14.6 Å². The fourth-order valence-corrected chi connectivity index (χ4v) is 1.79. The largest absolute Gasteiger partial charge is 0.497 e. The second kappa shape index (κ2) is 5.44. The zero-order chi connectivity index (χ0) is 13.8. The summed E-state index contributed by atoms with van der Waals surface area (Å²) in [7, 11) is 1.62. The summed E-state index contributed by atoms with van der Waals surface area (Å²) < 4.78 is 5.16. The molecule has 0 saturated carbocycles. The van der Waals surface area contributed by atoms with Crippen molar-refractivity contribution in [3.8, 4) is 5.75 Å². The molecule has 19 heavy (non-hydrogen) atoms. The average Bonchev–Trinajstić information content (AvgIpc) is 2.41. The Morgan fingerprint density at radius 3 is 2.63 bits per heavy atom. The lowest BCUT2D eigenvalue weighted by atomic mass is 10.1. The standard InChI is InChI=1S/C15H15NO3/c1-10-8-11(15(17)18)6-7-14(10)16-12-4-3-5-13(9-12)19-2/h3-9,16H,1-2H3,(H,17,18). The number of nitrogens with one attached hydrogen (secondary N) is 1. The highest BCUT2D eigenvalue weighted by Crippen LogP contribution is 2.24. The topological polar surface area (TPSA) is 58.6 Å². The van der Waals surface area contributed by atoms with E-state index in [1.807, 2.05) is 31.2 Å². The van der Waals surface area contributed by atoms with E-state index in [2.05, 4.69) is 5.32 Å². The predicted molar refractivity (Wildman–Crippen MR) is 74.4 cm³/mol. The number of benzene rings is 2. The van der Waals surface area contributed by atoms with Gasteiger partial charge in [0.05, 0.1) is 12.7 Å². The van der Waals surface area contributed by atoms with Gasteiger partial charge in [0.1, 0.15) is 5.75 Å². The maximum atomic E-state index is 10.9. The number of carboxylic acid groups (broad SMARTS) is 1. The van der Waals surface area contributed by atoms with Crippen molar-refractivity contribution in [1.82, 2.24) is 0 Å². The molecule has 2 rings (SSSR count). The Kier molecular flexibility index (Phi) is 3.71. The first-order chi connectivity index (χ1) is 9.10. The van der Waals surface area contributed by atoms with Crippen molar-refractivity contribution >= 4 is 17.3 Å². The molecule has 4 nitrogen and oxygen atoms in total. The van der Waals surface area contributed by atoms with E-state index in [1.165, 1.54) is 0 Å². The van der Waals surface area contributed by atoms with Crippen LogP contribution in [0.15, 0.2) is 42.5 Å². The Morgan fingerprint density at radius 2 is 2.00 bits per heavy atom. The van der Waals surface area contributed by atoms with Crippen molar-refractivity contribution in [2.24, 2.45) is 0 Å². The zero-order valence-electron chi connectivity index (χ0n) is 10.8. The molecule has 4 heteroatoms. The molecular formula is C15H15NO3. The minimum atomic E-state index is -0.920. The average molecular weight is 257 g/mol. The van der Waals surface area contributed by atoms with Crippen LogP contribution in [0.25, 0.3) is 0 Å². The molecule has 2 aromatic carbocycles. The molecule has 98 valence electrons. The first kappa shape index (κ1) is 13.0. The number of anilines is 2. The molecule has 0 aliphatic rings. The van der Waals surface area contributed by atoms with Crippen molar-refractivity contribution in [3.05, 3.63) is 53.6 Å². The fraction of sp³-hybridized carbons (Fsp3) is 0.133. The fourth-order valence-electron chi connectivity index (χ4n) is 1.79. The van der Waals surface area contributed by atoms with Gasteiger partial charge in [0.15, 0.2) is 0 Å². The van der Waals surface area contributed by atoms with Gasteiger partial charge in [-0.2, -0.15) is 0 Å². The maximum Gasteiger partial charge on any atom is 0.335 e. The van der Waals surface area contributed by atoms with Crippen LogP contribution in [0.5, 0.6) is 5.75 Å². The number of aromatic carboxylic acids is 1. The van der Waals surface area contributed by atoms with Crippen LogP contribution in [0.2, 0.25) is 0 Å². The highest BCUT2D eigenvalue weighted by Gasteiger charge is 2.06.